The van der Waals surface area contributed by atoms with Crippen LogP contribution in [0.3, 0.4) is 0 Å². The Kier molecular flexibility index (Phi) is 7.26. The summed E-state index contributed by atoms with van der Waals surface area (Å²) in [5, 5.41) is 3.47. The first kappa shape index (κ1) is 17.7. The Morgan fingerprint density at radius 2 is 2.04 bits per heavy atom. The molecule has 23 heavy (non-hydrogen) atoms. The van der Waals surface area contributed by atoms with Gasteiger partial charge in [0.15, 0.2) is 0 Å². The third-order valence-corrected chi connectivity index (χ3v) is 3.69. The van der Waals surface area contributed by atoms with E-state index in [0.717, 1.165) is 32.8 Å². The zero-order valence-corrected chi connectivity index (χ0v) is 13.5. The third kappa shape index (κ3) is 6.14. The number of aromatic nitrogens is 1. The lowest BCUT2D eigenvalue weighted by molar-refractivity contribution is 0.117. The van der Waals surface area contributed by atoms with Crippen LogP contribution in [-0.2, 0) is 11.3 Å². The lowest BCUT2D eigenvalue weighted by Gasteiger charge is -2.14. The molecule has 0 radical (unpaired) electrons. The number of hydrogen-bond acceptors (Lipinski definition) is 3. The molecule has 4 nitrogen and oxygen atoms in total. The van der Waals surface area contributed by atoms with E-state index in [4.69, 9.17) is 16.3 Å². The van der Waals surface area contributed by atoms with Gasteiger partial charge in [-0.05, 0) is 18.2 Å². The number of nitrogens with one attached hydrogen (secondary N) is 1. The van der Waals surface area contributed by atoms with Gasteiger partial charge < -0.3 is 14.6 Å². The van der Waals surface area contributed by atoms with Gasteiger partial charge in [0.25, 0.3) is 5.56 Å². The monoisotopic (exact) mass is 338 g/mol. The summed E-state index contributed by atoms with van der Waals surface area (Å²) < 4.78 is 19.4. The molecule has 3 rings (SSSR count). The summed E-state index contributed by atoms with van der Waals surface area (Å²) in [5.74, 6) is 0.0155. The molecule has 0 bridgehead atoms. The number of ether oxygens (including phenoxy) is 1. The van der Waals surface area contributed by atoms with E-state index < -0.39 is 0 Å². The van der Waals surface area contributed by atoms with E-state index in [0.29, 0.717) is 5.92 Å². The normalized spacial score (nSPS) is 17.7. The van der Waals surface area contributed by atoms with Crippen molar-refractivity contribution in [1.29, 1.82) is 0 Å². The summed E-state index contributed by atoms with van der Waals surface area (Å²) in [6.45, 7) is 4.04. The van der Waals surface area contributed by atoms with Gasteiger partial charge in [0.2, 0.25) is 0 Å². The molecule has 0 saturated carbocycles. The number of pyridine rings is 1. The summed E-state index contributed by atoms with van der Waals surface area (Å²) in [6, 6.07) is 11.4. The van der Waals surface area contributed by atoms with Gasteiger partial charge in [0.1, 0.15) is 5.82 Å². The molecule has 6 heteroatoms. The number of rotatable bonds is 2. The quantitative estimate of drug-likeness (QED) is 0.915. The second-order valence-electron chi connectivity index (χ2n) is 5.25. The summed E-state index contributed by atoms with van der Waals surface area (Å²) in [4.78, 5) is 11.5. The molecular weight excluding hydrogens is 319 g/mol. The molecule has 1 aliphatic rings. The minimum absolute atomic E-state index is 0.0572. The van der Waals surface area contributed by atoms with E-state index in [1.54, 1.807) is 28.8 Å². The number of benzene rings is 1. The highest BCUT2D eigenvalue weighted by atomic mass is 35.5. The van der Waals surface area contributed by atoms with Crippen molar-refractivity contribution >= 4 is 11.6 Å². The fourth-order valence-corrected chi connectivity index (χ4v) is 2.34. The van der Waals surface area contributed by atoms with Gasteiger partial charge in [-0.1, -0.05) is 29.8 Å². The standard InChI is InChI=1S/C11H16N2O2.C6H4ClF/c14-11-3-1-2-5-13(11)8-10-7-12-4-6-15-9-10;7-5-3-1-2-4-6(5)8/h1-3,5,10,12H,4,6-9H2;1-4H. The van der Waals surface area contributed by atoms with Crippen molar-refractivity contribution in [3.63, 3.8) is 0 Å². The SMILES string of the molecule is Fc1ccccc1Cl.O=c1ccccn1CC1CNCCOC1. The van der Waals surface area contributed by atoms with Crippen LogP contribution in [0.1, 0.15) is 0 Å². The van der Waals surface area contributed by atoms with Crippen molar-refractivity contribution in [3.05, 3.63) is 69.9 Å². The van der Waals surface area contributed by atoms with E-state index in [1.807, 2.05) is 12.3 Å². The maximum atomic E-state index is 12.2. The molecule has 0 spiro atoms. The largest absolute Gasteiger partial charge is 0.380 e. The van der Waals surface area contributed by atoms with Crippen LogP contribution in [-0.4, -0.2) is 30.9 Å². The number of nitrogens with zero attached hydrogens (tertiary/aromatic N) is 1. The Labute approximate surface area is 139 Å². The Balaban J connectivity index is 0.000000203. The Morgan fingerprint density at radius 3 is 2.74 bits per heavy atom. The Hall–Kier alpha value is -1.69. The van der Waals surface area contributed by atoms with Crippen LogP contribution >= 0.6 is 11.6 Å². The van der Waals surface area contributed by atoms with Crippen molar-refractivity contribution in [2.75, 3.05) is 26.3 Å². The van der Waals surface area contributed by atoms with Gasteiger partial charge >= 0.3 is 0 Å². The Bertz CT molecular complexity index is 634. The first-order valence-corrected chi connectivity index (χ1v) is 7.88. The second kappa shape index (κ2) is 9.45. The molecule has 1 atom stereocenters. The molecule has 0 amide bonds. The van der Waals surface area contributed by atoms with Crippen LogP contribution in [0, 0.1) is 11.7 Å². The third-order valence-electron chi connectivity index (χ3n) is 3.39. The molecule has 1 aromatic heterocycles. The first-order chi connectivity index (χ1) is 11.2. The smallest absolute Gasteiger partial charge is 0.250 e. The number of halogens is 2. The molecular formula is C17H20ClFN2O2. The maximum Gasteiger partial charge on any atom is 0.250 e. The predicted octanol–water partition coefficient (Wildman–Crippen LogP) is 2.56. The highest BCUT2D eigenvalue weighted by Gasteiger charge is 2.12. The number of hydrogen-bond donors (Lipinski definition) is 1. The highest BCUT2D eigenvalue weighted by molar-refractivity contribution is 6.30. The lowest BCUT2D eigenvalue weighted by Crippen LogP contribution is -2.30. The van der Waals surface area contributed by atoms with Crippen LogP contribution < -0.4 is 10.9 Å². The van der Waals surface area contributed by atoms with Crippen LogP contribution in [0.25, 0.3) is 0 Å². The molecule has 0 aliphatic carbocycles. The van der Waals surface area contributed by atoms with Gasteiger partial charge in [-0.25, -0.2) is 4.39 Å². The molecule has 1 fully saturated rings. The van der Waals surface area contributed by atoms with Crippen molar-refractivity contribution < 1.29 is 9.13 Å². The topological polar surface area (TPSA) is 43.3 Å². The van der Waals surface area contributed by atoms with E-state index in [2.05, 4.69) is 5.32 Å². The average Bonchev–Trinajstić information content (AvgIpc) is 2.82. The molecule has 1 N–H and O–H groups in total. The Morgan fingerprint density at radius 1 is 1.26 bits per heavy atom. The maximum absolute atomic E-state index is 12.2. The van der Waals surface area contributed by atoms with Gasteiger partial charge in [-0.2, -0.15) is 0 Å². The molecule has 2 heterocycles. The average molecular weight is 339 g/mol. The molecule has 124 valence electrons. The van der Waals surface area contributed by atoms with E-state index >= 15 is 0 Å². The van der Waals surface area contributed by atoms with Crippen molar-refractivity contribution in [2.45, 2.75) is 6.54 Å². The lowest BCUT2D eigenvalue weighted by atomic mass is 10.1. The van der Waals surface area contributed by atoms with Crippen LogP contribution in [0.5, 0.6) is 0 Å². The van der Waals surface area contributed by atoms with Gasteiger partial charge in [-0.15, -0.1) is 0 Å². The predicted molar refractivity (Wildman–Crippen MR) is 89.3 cm³/mol. The van der Waals surface area contributed by atoms with E-state index in [1.165, 1.54) is 12.1 Å². The summed E-state index contributed by atoms with van der Waals surface area (Å²) in [5.41, 5.74) is 0.0572. The molecule has 1 unspecified atom stereocenters. The summed E-state index contributed by atoms with van der Waals surface area (Å²) in [6.07, 6.45) is 1.83. The molecule has 1 aromatic carbocycles. The first-order valence-electron chi connectivity index (χ1n) is 7.51. The van der Waals surface area contributed by atoms with Crippen molar-refractivity contribution in [2.24, 2.45) is 5.92 Å². The van der Waals surface area contributed by atoms with Crippen LogP contribution in [0.2, 0.25) is 5.02 Å². The van der Waals surface area contributed by atoms with E-state index in [9.17, 15) is 9.18 Å². The van der Waals surface area contributed by atoms with Gasteiger partial charge in [0.05, 0.1) is 18.2 Å². The molecule has 1 saturated heterocycles. The fraction of sp³-hybridized carbons (Fsp3) is 0.353. The second-order valence-corrected chi connectivity index (χ2v) is 5.66. The molecule has 1 aliphatic heterocycles. The van der Waals surface area contributed by atoms with Crippen molar-refractivity contribution in [1.82, 2.24) is 9.88 Å². The minimum Gasteiger partial charge on any atom is -0.380 e. The zero-order chi connectivity index (χ0) is 16.5. The zero-order valence-electron chi connectivity index (χ0n) is 12.8. The van der Waals surface area contributed by atoms with Crippen LogP contribution in [0.4, 0.5) is 4.39 Å². The van der Waals surface area contributed by atoms with Crippen LogP contribution in [0.15, 0.2) is 53.5 Å². The fourth-order valence-electron chi connectivity index (χ4n) is 2.21. The summed E-state index contributed by atoms with van der Waals surface area (Å²) in [7, 11) is 0. The van der Waals surface area contributed by atoms with Gasteiger partial charge in [0, 0.05) is 37.8 Å². The van der Waals surface area contributed by atoms with E-state index in [-0.39, 0.29) is 16.4 Å². The van der Waals surface area contributed by atoms with Gasteiger partial charge in [-0.3, -0.25) is 4.79 Å². The highest BCUT2D eigenvalue weighted by Crippen LogP contribution is 2.11. The molecule has 2 aromatic rings. The minimum atomic E-state index is -0.367. The van der Waals surface area contributed by atoms with Crippen molar-refractivity contribution in [3.8, 4) is 0 Å². The summed E-state index contributed by atoms with van der Waals surface area (Å²) >= 11 is 5.33.